The smallest absolute Gasteiger partial charge is 0.150 e. The number of hydrogen-bond donors (Lipinski definition) is 0. The molecule has 0 atom stereocenters. The van der Waals surface area contributed by atoms with Gasteiger partial charge in [-0.15, -0.1) is 21.8 Å². The number of benzene rings is 1. The van der Waals surface area contributed by atoms with Crippen LogP contribution in [0.5, 0.6) is 0 Å². The van der Waals surface area contributed by atoms with Gasteiger partial charge in [0.25, 0.3) is 0 Å². The van der Waals surface area contributed by atoms with Gasteiger partial charge in [-0.3, -0.25) is 0 Å². The van der Waals surface area contributed by atoms with Crippen LogP contribution in [-0.4, -0.2) is 10.2 Å². The molecule has 0 aliphatic carbocycles. The molecule has 1 heterocycles. The minimum Gasteiger partial charge on any atom is -0.206 e. The highest BCUT2D eigenvalue weighted by atomic mass is 35.5. The summed E-state index contributed by atoms with van der Waals surface area (Å²) in [7, 11) is 0. The van der Waals surface area contributed by atoms with Crippen molar-refractivity contribution >= 4 is 22.9 Å². The van der Waals surface area contributed by atoms with Gasteiger partial charge < -0.3 is 0 Å². The summed E-state index contributed by atoms with van der Waals surface area (Å²) in [6, 6.07) is 6.48. The molecular formula is C9H6ClFN2S. The summed E-state index contributed by atoms with van der Waals surface area (Å²) in [5.41, 5.74) is 0.473. The third-order valence-corrected chi connectivity index (χ3v) is 3.05. The molecule has 0 fully saturated rings. The molecule has 2 nitrogen and oxygen atoms in total. The summed E-state index contributed by atoms with van der Waals surface area (Å²) in [5.74, 6) is 0.0244. The third-order valence-electron chi connectivity index (χ3n) is 1.69. The first-order chi connectivity index (χ1) is 6.81. The summed E-state index contributed by atoms with van der Waals surface area (Å²) < 4.78 is 13.3. The molecule has 0 aliphatic heterocycles. The van der Waals surface area contributed by atoms with E-state index in [0.29, 0.717) is 21.5 Å². The molecule has 0 aliphatic rings. The van der Waals surface area contributed by atoms with Crippen LogP contribution in [0.1, 0.15) is 5.01 Å². The summed E-state index contributed by atoms with van der Waals surface area (Å²) in [4.78, 5) is 0. The molecule has 2 aromatic rings. The number of halogens is 2. The first-order valence-electron chi connectivity index (χ1n) is 3.94. The predicted octanol–water partition coefficient (Wildman–Crippen LogP) is 3.08. The first-order valence-corrected chi connectivity index (χ1v) is 5.29. The van der Waals surface area contributed by atoms with Gasteiger partial charge in [-0.05, 0) is 12.1 Å². The summed E-state index contributed by atoms with van der Waals surface area (Å²) >= 11 is 6.89. The van der Waals surface area contributed by atoms with Crippen LogP contribution in [0.4, 0.5) is 4.39 Å². The normalized spacial score (nSPS) is 10.4. The Balaban J connectivity index is 2.44. The number of hydrogen-bond acceptors (Lipinski definition) is 3. The van der Waals surface area contributed by atoms with Gasteiger partial charge in [0.15, 0.2) is 5.01 Å². The van der Waals surface area contributed by atoms with E-state index in [1.807, 2.05) is 0 Å². The van der Waals surface area contributed by atoms with Crippen molar-refractivity contribution in [2.45, 2.75) is 5.88 Å². The minimum atomic E-state index is -0.287. The average molecular weight is 229 g/mol. The number of aromatic nitrogens is 2. The Hall–Kier alpha value is -1.00. The second-order valence-electron chi connectivity index (χ2n) is 2.61. The molecule has 5 heteroatoms. The molecule has 72 valence electrons. The van der Waals surface area contributed by atoms with Gasteiger partial charge in [0.05, 0.1) is 5.88 Å². The summed E-state index contributed by atoms with van der Waals surface area (Å²) in [6.45, 7) is 0. The lowest BCUT2D eigenvalue weighted by Gasteiger charge is -1.95. The van der Waals surface area contributed by atoms with Crippen LogP contribution in [0, 0.1) is 5.82 Å². The van der Waals surface area contributed by atoms with Gasteiger partial charge in [0, 0.05) is 5.56 Å². The Bertz CT molecular complexity index is 444. The second kappa shape index (κ2) is 4.02. The fourth-order valence-corrected chi connectivity index (χ4v) is 1.98. The van der Waals surface area contributed by atoms with E-state index in [4.69, 9.17) is 11.6 Å². The lowest BCUT2D eigenvalue weighted by molar-refractivity contribution is 0.631. The molecule has 0 saturated heterocycles. The van der Waals surface area contributed by atoms with Gasteiger partial charge in [-0.25, -0.2) is 4.39 Å². The average Bonchev–Trinajstić information content (AvgIpc) is 2.67. The number of alkyl halides is 1. The van der Waals surface area contributed by atoms with Crippen LogP contribution in [-0.2, 0) is 5.88 Å². The predicted molar refractivity (Wildman–Crippen MR) is 54.9 cm³/mol. The molecule has 0 N–H and O–H groups in total. The highest BCUT2D eigenvalue weighted by molar-refractivity contribution is 7.14. The molecule has 1 aromatic heterocycles. The fraction of sp³-hybridized carbons (Fsp3) is 0.111. The standard InChI is InChI=1S/C9H6ClFN2S/c10-5-8-12-13-9(14-8)6-3-1-2-4-7(6)11/h1-4H,5H2. The zero-order valence-electron chi connectivity index (χ0n) is 7.08. The quantitative estimate of drug-likeness (QED) is 0.739. The van der Waals surface area contributed by atoms with E-state index in [9.17, 15) is 4.39 Å². The third kappa shape index (κ3) is 1.76. The SMILES string of the molecule is Fc1ccccc1-c1nnc(CCl)s1. The Morgan fingerprint density at radius 2 is 2.07 bits per heavy atom. The van der Waals surface area contributed by atoms with Crippen LogP contribution in [0.25, 0.3) is 10.6 Å². The highest BCUT2D eigenvalue weighted by Gasteiger charge is 2.09. The molecule has 0 amide bonds. The number of rotatable bonds is 2. The minimum absolute atomic E-state index is 0.287. The van der Waals surface area contributed by atoms with Gasteiger partial charge >= 0.3 is 0 Å². The maximum atomic E-state index is 13.3. The summed E-state index contributed by atoms with van der Waals surface area (Å²) in [5, 5.41) is 8.95. The monoisotopic (exact) mass is 228 g/mol. The highest BCUT2D eigenvalue weighted by Crippen LogP contribution is 2.26. The van der Waals surface area contributed by atoms with E-state index in [1.54, 1.807) is 18.2 Å². The molecule has 14 heavy (non-hydrogen) atoms. The van der Waals surface area contributed by atoms with E-state index in [0.717, 1.165) is 0 Å². The molecule has 0 radical (unpaired) electrons. The van der Waals surface area contributed by atoms with Crippen molar-refractivity contribution in [3.8, 4) is 10.6 Å². The summed E-state index contributed by atoms with van der Waals surface area (Å²) in [6.07, 6.45) is 0. The van der Waals surface area contributed by atoms with Crippen molar-refractivity contribution in [2.75, 3.05) is 0 Å². The van der Waals surface area contributed by atoms with Gasteiger partial charge in [0.1, 0.15) is 10.8 Å². The maximum absolute atomic E-state index is 13.3. The Kier molecular flexibility index (Phi) is 2.74. The molecule has 0 saturated carbocycles. The first kappa shape index (κ1) is 9.55. The van der Waals surface area contributed by atoms with E-state index in [-0.39, 0.29) is 5.82 Å². The van der Waals surface area contributed by atoms with Gasteiger partial charge in [-0.1, -0.05) is 23.5 Å². The molecular weight excluding hydrogens is 223 g/mol. The van der Waals surface area contributed by atoms with E-state index < -0.39 is 0 Å². The van der Waals surface area contributed by atoms with E-state index in [2.05, 4.69) is 10.2 Å². The molecule has 0 unspecified atom stereocenters. The molecule has 2 rings (SSSR count). The Labute approximate surface area is 89.4 Å². The zero-order chi connectivity index (χ0) is 9.97. The zero-order valence-corrected chi connectivity index (χ0v) is 8.65. The van der Waals surface area contributed by atoms with Crippen molar-refractivity contribution in [3.63, 3.8) is 0 Å². The van der Waals surface area contributed by atoms with E-state index >= 15 is 0 Å². The lowest BCUT2D eigenvalue weighted by Crippen LogP contribution is -1.81. The Morgan fingerprint density at radius 1 is 1.29 bits per heavy atom. The molecule has 0 bridgehead atoms. The van der Waals surface area contributed by atoms with Crippen LogP contribution in [0.3, 0.4) is 0 Å². The largest absolute Gasteiger partial charge is 0.206 e. The van der Waals surface area contributed by atoms with Gasteiger partial charge in [-0.2, -0.15) is 0 Å². The van der Waals surface area contributed by atoms with Crippen molar-refractivity contribution in [2.24, 2.45) is 0 Å². The van der Waals surface area contributed by atoms with Crippen molar-refractivity contribution in [1.29, 1.82) is 0 Å². The van der Waals surface area contributed by atoms with E-state index in [1.165, 1.54) is 17.4 Å². The van der Waals surface area contributed by atoms with Crippen molar-refractivity contribution in [3.05, 3.63) is 35.1 Å². The van der Waals surface area contributed by atoms with Gasteiger partial charge in [0.2, 0.25) is 0 Å². The maximum Gasteiger partial charge on any atom is 0.150 e. The van der Waals surface area contributed by atoms with Crippen molar-refractivity contribution in [1.82, 2.24) is 10.2 Å². The fourth-order valence-electron chi connectivity index (χ4n) is 1.05. The molecule has 1 aromatic carbocycles. The Morgan fingerprint density at radius 3 is 2.71 bits per heavy atom. The van der Waals surface area contributed by atoms with Crippen LogP contribution in [0.2, 0.25) is 0 Å². The topological polar surface area (TPSA) is 25.8 Å². The van der Waals surface area contributed by atoms with Crippen LogP contribution >= 0.6 is 22.9 Å². The van der Waals surface area contributed by atoms with Crippen LogP contribution in [0.15, 0.2) is 24.3 Å². The van der Waals surface area contributed by atoms with Crippen LogP contribution < -0.4 is 0 Å². The second-order valence-corrected chi connectivity index (χ2v) is 3.94. The number of nitrogens with zero attached hydrogens (tertiary/aromatic N) is 2. The molecule has 0 spiro atoms. The van der Waals surface area contributed by atoms with Crippen molar-refractivity contribution < 1.29 is 4.39 Å². The lowest BCUT2D eigenvalue weighted by atomic mass is 10.2.